The van der Waals surface area contributed by atoms with Crippen LogP contribution in [0.5, 0.6) is 0 Å². The van der Waals surface area contributed by atoms with Crippen molar-refractivity contribution in [2.45, 2.75) is 49.2 Å². The molecular weight excluding hydrogens is 355 g/mol. The molecule has 0 atom stereocenters. The molecular formula is C20H28F3N3O. The van der Waals surface area contributed by atoms with Gasteiger partial charge in [-0.25, -0.2) is 4.79 Å². The summed E-state index contributed by atoms with van der Waals surface area (Å²) >= 11 is 0. The lowest BCUT2D eigenvalue weighted by atomic mass is 9.63. The second-order valence-electron chi connectivity index (χ2n) is 8.28. The lowest BCUT2D eigenvalue weighted by Crippen LogP contribution is -2.54. The van der Waals surface area contributed by atoms with Gasteiger partial charge in [-0.05, 0) is 45.3 Å². The van der Waals surface area contributed by atoms with Crippen LogP contribution in [0.2, 0.25) is 0 Å². The minimum atomic E-state index is -4.25. The van der Waals surface area contributed by atoms with Crippen LogP contribution >= 0.6 is 0 Å². The maximum Gasteiger partial charge on any atom is 0.390 e. The number of hydrogen-bond acceptors (Lipinski definition) is 2. The molecule has 7 heteroatoms. The number of carbonyl (C=O) groups excluding carboxylic acids is 1. The van der Waals surface area contributed by atoms with Crippen LogP contribution in [-0.4, -0.2) is 61.3 Å². The highest BCUT2D eigenvalue weighted by Gasteiger charge is 2.51. The quantitative estimate of drug-likeness (QED) is 0.840. The summed E-state index contributed by atoms with van der Waals surface area (Å²) in [5, 5.41) is 2.78. The van der Waals surface area contributed by atoms with E-state index in [-0.39, 0.29) is 18.0 Å². The van der Waals surface area contributed by atoms with Gasteiger partial charge in [-0.1, -0.05) is 30.3 Å². The number of benzene rings is 1. The smallest absolute Gasteiger partial charge is 0.336 e. The molecule has 1 N–H and O–H groups in total. The summed E-state index contributed by atoms with van der Waals surface area (Å²) in [5.41, 5.74) is 0.747. The Morgan fingerprint density at radius 2 is 1.74 bits per heavy atom. The standard InChI is InChI=1S/C20H28F3N3O/c1-25(2)15-18(16-6-4-3-5-7-16)8-10-19(11-9-18)14-24-17(27)26(19)13-12-20(21,22)23/h3-7H,8-15H2,1-2H3,(H,24,27). The molecule has 1 aromatic carbocycles. The molecule has 4 nitrogen and oxygen atoms in total. The molecule has 1 heterocycles. The van der Waals surface area contributed by atoms with E-state index in [1.165, 1.54) is 10.5 Å². The van der Waals surface area contributed by atoms with E-state index in [1.807, 2.05) is 32.3 Å². The van der Waals surface area contributed by atoms with Gasteiger partial charge in [-0.3, -0.25) is 0 Å². The number of rotatable bonds is 5. The Morgan fingerprint density at radius 1 is 1.11 bits per heavy atom. The van der Waals surface area contributed by atoms with E-state index in [0.29, 0.717) is 19.4 Å². The molecule has 1 saturated heterocycles. The third-order valence-electron chi connectivity index (χ3n) is 6.15. The molecule has 0 aromatic heterocycles. The van der Waals surface area contributed by atoms with Crippen molar-refractivity contribution in [3.63, 3.8) is 0 Å². The van der Waals surface area contributed by atoms with E-state index in [4.69, 9.17) is 0 Å². The summed E-state index contributed by atoms with van der Waals surface area (Å²) in [6.07, 6.45) is -2.07. The molecule has 27 heavy (non-hydrogen) atoms. The van der Waals surface area contributed by atoms with Crippen molar-refractivity contribution in [3.05, 3.63) is 35.9 Å². The van der Waals surface area contributed by atoms with Crippen molar-refractivity contribution in [1.29, 1.82) is 0 Å². The van der Waals surface area contributed by atoms with Crippen LogP contribution < -0.4 is 5.32 Å². The first-order valence-electron chi connectivity index (χ1n) is 9.48. The molecule has 150 valence electrons. The van der Waals surface area contributed by atoms with E-state index in [1.54, 1.807) is 0 Å². The average Bonchev–Trinajstić information content (AvgIpc) is 2.91. The lowest BCUT2D eigenvalue weighted by molar-refractivity contribution is -0.138. The second-order valence-corrected chi connectivity index (χ2v) is 8.28. The monoisotopic (exact) mass is 383 g/mol. The van der Waals surface area contributed by atoms with Gasteiger partial charge < -0.3 is 15.1 Å². The normalized spacial score (nSPS) is 28.8. The maximum atomic E-state index is 12.7. The van der Waals surface area contributed by atoms with Crippen LogP contribution in [-0.2, 0) is 5.41 Å². The Balaban J connectivity index is 1.79. The predicted molar refractivity (Wildman–Crippen MR) is 98.6 cm³/mol. The molecule has 1 saturated carbocycles. The van der Waals surface area contributed by atoms with Gasteiger partial charge in [0.25, 0.3) is 0 Å². The van der Waals surface area contributed by atoms with E-state index >= 15 is 0 Å². The molecule has 1 aliphatic heterocycles. The fourth-order valence-corrected chi connectivity index (χ4v) is 4.80. The number of amides is 2. The summed E-state index contributed by atoms with van der Waals surface area (Å²) in [4.78, 5) is 15.8. The molecule has 2 amide bonds. The topological polar surface area (TPSA) is 35.6 Å². The van der Waals surface area contributed by atoms with Crippen molar-refractivity contribution >= 4 is 6.03 Å². The van der Waals surface area contributed by atoms with Gasteiger partial charge in [-0.2, -0.15) is 13.2 Å². The minimum absolute atomic E-state index is 0.0304. The number of nitrogens with one attached hydrogen (secondary N) is 1. The molecule has 2 aliphatic rings. The highest BCUT2D eigenvalue weighted by molar-refractivity contribution is 5.78. The third-order valence-corrected chi connectivity index (χ3v) is 6.15. The number of hydrogen-bond donors (Lipinski definition) is 1. The third kappa shape index (κ3) is 4.23. The summed E-state index contributed by atoms with van der Waals surface area (Å²) in [6, 6.07) is 9.98. The maximum absolute atomic E-state index is 12.7. The fourth-order valence-electron chi connectivity index (χ4n) is 4.80. The number of likely N-dealkylation sites (N-methyl/N-ethyl adjacent to an activating group) is 1. The Bertz CT molecular complexity index is 652. The summed E-state index contributed by atoms with van der Waals surface area (Å²) < 4.78 is 38.1. The Morgan fingerprint density at radius 3 is 2.30 bits per heavy atom. The Labute approximate surface area is 158 Å². The van der Waals surface area contributed by atoms with E-state index < -0.39 is 18.1 Å². The van der Waals surface area contributed by atoms with E-state index in [9.17, 15) is 18.0 Å². The molecule has 1 spiro atoms. The van der Waals surface area contributed by atoms with Gasteiger partial charge in [0.15, 0.2) is 0 Å². The van der Waals surface area contributed by atoms with E-state index in [2.05, 4.69) is 22.3 Å². The fraction of sp³-hybridized carbons (Fsp3) is 0.650. The molecule has 0 radical (unpaired) electrons. The lowest BCUT2D eigenvalue weighted by Gasteiger charge is -2.49. The zero-order valence-corrected chi connectivity index (χ0v) is 16.0. The van der Waals surface area contributed by atoms with Crippen LogP contribution in [0.25, 0.3) is 0 Å². The van der Waals surface area contributed by atoms with Crippen molar-refractivity contribution in [3.8, 4) is 0 Å². The van der Waals surface area contributed by atoms with Crippen molar-refractivity contribution in [1.82, 2.24) is 15.1 Å². The van der Waals surface area contributed by atoms with Crippen molar-refractivity contribution in [2.24, 2.45) is 0 Å². The average molecular weight is 383 g/mol. The zero-order chi connectivity index (χ0) is 19.7. The number of urea groups is 1. The van der Waals surface area contributed by atoms with Crippen molar-refractivity contribution < 1.29 is 18.0 Å². The molecule has 0 bridgehead atoms. The molecule has 3 rings (SSSR count). The SMILES string of the molecule is CN(C)CC1(c2ccccc2)CCC2(CC1)CNC(=O)N2CCC(F)(F)F. The predicted octanol–water partition coefficient (Wildman–Crippen LogP) is 3.78. The number of alkyl halides is 3. The van der Waals surface area contributed by atoms with Gasteiger partial charge in [-0.15, -0.1) is 0 Å². The zero-order valence-electron chi connectivity index (χ0n) is 16.0. The highest BCUT2D eigenvalue weighted by Crippen LogP contribution is 2.47. The summed E-state index contributed by atoms with van der Waals surface area (Å²) in [6.45, 7) is 1.06. The number of nitrogens with zero attached hydrogens (tertiary/aromatic N) is 2. The van der Waals surface area contributed by atoms with Crippen LogP contribution in [0.3, 0.4) is 0 Å². The van der Waals surface area contributed by atoms with Crippen LogP contribution in [0.1, 0.15) is 37.7 Å². The highest BCUT2D eigenvalue weighted by atomic mass is 19.4. The van der Waals surface area contributed by atoms with Crippen LogP contribution in [0, 0.1) is 0 Å². The van der Waals surface area contributed by atoms with Gasteiger partial charge in [0.1, 0.15) is 0 Å². The first-order chi connectivity index (χ1) is 12.7. The molecule has 2 fully saturated rings. The van der Waals surface area contributed by atoms with Gasteiger partial charge in [0.2, 0.25) is 0 Å². The Kier molecular flexibility index (Phi) is 5.43. The summed E-state index contributed by atoms with van der Waals surface area (Å²) in [7, 11) is 4.09. The first-order valence-corrected chi connectivity index (χ1v) is 9.48. The van der Waals surface area contributed by atoms with E-state index in [0.717, 1.165) is 19.4 Å². The van der Waals surface area contributed by atoms with Crippen LogP contribution in [0.15, 0.2) is 30.3 Å². The number of carbonyl (C=O) groups is 1. The Hall–Kier alpha value is -1.76. The number of halogens is 3. The largest absolute Gasteiger partial charge is 0.390 e. The van der Waals surface area contributed by atoms with Crippen molar-refractivity contribution in [2.75, 3.05) is 33.7 Å². The summed E-state index contributed by atoms with van der Waals surface area (Å²) in [5.74, 6) is 0. The second kappa shape index (κ2) is 7.34. The van der Waals surface area contributed by atoms with Gasteiger partial charge >= 0.3 is 12.2 Å². The minimum Gasteiger partial charge on any atom is -0.336 e. The molecule has 0 unspecified atom stereocenters. The molecule has 1 aliphatic carbocycles. The van der Waals surface area contributed by atoms with Gasteiger partial charge in [0, 0.05) is 25.0 Å². The molecule has 1 aromatic rings. The van der Waals surface area contributed by atoms with Crippen LogP contribution in [0.4, 0.5) is 18.0 Å². The van der Waals surface area contributed by atoms with Gasteiger partial charge in [0.05, 0.1) is 12.0 Å². The first kappa shape index (κ1) is 20.0.